The quantitative estimate of drug-likeness (QED) is 0.814. The third kappa shape index (κ3) is 5.33. The molecule has 1 aromatic heterocycles. The number of hydrogen-bond donors (Lipinski definition) is 2. The van der Waals surface area contributed by atoms with E-state index in [1.807, 2.05) is 0 Å². The van der Waals surface area contributed by atoms with E-state index in [1.54, 1.807) is 0 Å². The molecular formula is C13H11F3N4O2S. The minimum atomic E-state index is -4.38. The number of halogens is 3. The number of nitrogens with one attached hydrogen (secondary N) is 1. The Hall–Kier alpha value is -2.49. The summed E-state index contributed by atoms with van der Waals surface area (Å²) in [7, 11) is 0. The molecule has 2 amide bonds. The van der Waals surface area contributed by atoms with Gasteiger partial charge in [-0.2, -0.15) is 18.3 Å². The van der Waals surface area contributed by atoms with Crippen molar-refractivity contribution in [3.8, 4) is 0 Å². The topological polar surface area (TPSA) is 90.0 Å². The van der Waals surface area contributed by atoms with Gasteiger partial charge in [0.05, 0.1) is 11.9 Å². The van der Waals surface area contributed by atoms with E-state index >= 15 is 0 Å². The Morgan fingerprint density at radius 1 is 1.26 bits per heavy atom. The highest BCUT2D eigenvalue weighted by Gasteiger charge is 2.29. The highest BCUT2D eigenvalue weighted by Crippen LogP contribution is 2.36. The Morgan fingerprint density at radius 2 is 1.91 bits per heavy atom. The van der Waals surface area contributed by atoms with E-state index in [0.29, 0.717) is 5.69 Å². The summed E-state index contributed by atoms with van der Waals surface area (Å²) in [4.78, 5) is 22.7. The predicted octanol–water partition coefficient (Wildman–Crippen LogP) is 2.23. The van der Waals surface area contributed by atoms with Crippen molar-refractivity contribution in [1.29, 1.82) is 0 Å². The van der Waals surface area contributed by atoms with Gasteiger partial charge in [-0.1, -0.05) is 0 Å². The van der Waals surface area contributed by atoms with Gasteiger partial charge in [-0.05, 0) is 36.0 Å². The number of nitrogens with zero attached hydrogens (tertiary/aromatic N) is 2. The average Bonchev–Trinajstić information content (AvgIpc) is 2.84. The number of anilines is 1. The van der Waals surface area contributed by atoms with E-state index in [1.165, 1.54) is 41.3 Å². The summed E-state index contributed by atoms with van der Waals surface area (Å²) in [6.45, 7) is -0.126. The summed E-state index contributed by atoms with van der Waals surface area (Å²) in [5.74, 6) is -1.09. The number of thioether (sulfide) groups is 1. The number of nitrogens with two attached hydrogens (primary N) is 1. The number of hydrogen-bond acceptors (Lipinski definition) is 4. The van der Waals surface area contributed by atoms with Crippen LogP contribution in [-0.4, -0.2) is 27.1 Å². The zero-order chi connectivity index (χ0) is 17.0. The number of primary amides is 1. The van der Waals surface area contributed by atoms with E-state index in [-0.39, 0.29) is 28.8 Å². The van der Waals surface area contributed by atoms with Gasteiger partial charge in [0.1, 0.15) is 6.54 Å². The summed E-state index contributed by atoms with van der Waals surface area (Å²) in [6.07, 6.45) is 2.74. The Labute approximate surface area is 132 Å². The fourth-order valence-electron chi connectivity index (χ4n) is 1.69. The molecule has 1 aromatic carbocycles. The molecule has 0 unspecified atom stereocenters. The largest absolute Gasteiger partial charge is 0.446 e. The number of carbonyl (C=O) groups is 2. The Balaban J connectivity index is 2.00. The van der Waals surface area contributed by atoms with Crippen molar-refractivity contribution < 1.29 is 22.8 Å². The Morgan fingerprint density at radius 3 is 2.48 bits per heavy atom. The van der Waals surface area contributed by atoms with Gasteiger partial charge >= 0.3 is 5.51 Å². The Bertz CT molecular complexity index is 713. The molecule has 3 N–H and O–H groups in total. The van der Waals surface area contributed by atoms with Crippen LogP contribution in [0.3, 0.4) is 0 Å². The van der Waals surface area contributed by atoms with Gasteiger partial charge in [0.15, 0.2) is 0 Å². The van der Waals surface area contributed by atoms with Crippen molar-refractivity contribution in [2.75, 3.05) is 5.32 Å². The lowest BCUT2D eigenvalue weighted by Gasteiger charge is -2.06. The van der Waals surface area contributed by atoms with Gasteiger partial charge in [-0.15, -0.1) is 0 Å². The van der Waals surface area contributed by atoms with E-state index in [9.17, 15) is 22.8 Å². The van der Waals surface area contributed by atoms with Gasteiger partial charge < -0.3 is 11.1 Å². The third-order valence-corrected chi connectivity index (χ3v) is 3.30. The second-order valence-corrected chi connectivity index (χ2v) is 5.56. The molecule has 0 saturated heterocycles. The fraction of sp³-hybridized carbons (Fsp3) is 0.154. The molecule has 0 aliphatic heterocycles. The van der Waals surface area contributed by atoms with Crippen molar-refractivity contribution in [1.82, 2.24) is 9.78 Å². The molecule has 0 fully saturated rings. The van der Waals surface area contributed by atoms with Crippen LogP contribution < -0.4 is 11.1 Å². The maximum Gasteiger partial charge on any atom is 0.446 e. The third-order valence-electron chi connectivity index (χ3n) is 2.56. The van der Waals surface area contributed by atoms with E-state index in [0.717, 1.165) is 0 Å². The first-order valence-corrected chi connectivity index (χ1v) is 7.02. The predicted molar refractivity (Wildman–Crippen MR) is 77.7 cm³/mol. The first-order chi connectivity index (χ1) is 10.7. The molecule has 0 aliphatic rings. The average molecular weight is 344 g/mol. The lowest BCUT2D eigenvalue weighted by atomic mass is 10.2. The summed E-state index contributed by atoms with van der Waals surface area (Å²) in [5.41, 5.74) is 1.17. The van der Waals surface area contributed by atoms with Crippen LogP contribution in [0.1, 0.15) is 10.4 Å². The summed E-state index contributed by atoms with van der Waals surface area (Å²) < 4.78 is 37.9. The highest BCUT2D eigenvalue weighted by molar-refractivity contribution is 8.00. The van der Waals surface area contributed by atoms with Crippen molar-refractivity contribution in [2.24, 2.45) is 5.73 Å². The van der Waals surface area contributed by atoms with Crippen molar-refractivity contribution in [3.05, 3.63) is 42.2 Å². The smallest absolute Gasteiger partial charge is 0.368 e. The molecule has 1 heterocycles. The molecule has 23 heavy (non-hydrogen) atoms. The molecule has 6 nitrogen and oxygen atoms in total. The molecular weight excluding hydrogens is 333 g/mol. The molecule has 122 valence electrons. The van der Waals surface area contributed by atoms with Gasteiger partial charge in [0.2, 0.25) is 5.91 Å². The lowest BCUT2D eigenvalue weighted by molar-refractivity contribution is -0.118. The first kappa shape index (κ1) is 16.9. The van der Waals surface area contributed by atoms with E-state index in [4.69, 9.17) is 5.73 Å². The van der Waals surface area contributed by atoms with Gasteiger partial charge in [-0.25, -0.2) is 0 Å². The molecule has 2 aromatic rings. The first-order valence-electron chi connectivity index (χ1n) is 6.21. The van der Waals surface area contributed by atoms with Crippen molar-refractivity contribution in [3.63, 3.8) is 0 Å². The van der Waals surface area contributed by atoms with Gasteiger partial charge in [0.25, 0.3) is 5.91 Å². The molecule has 0 spiro atoms. The van der Waals surface area contributed by atoms with Crippen LogP contribution in [0.5, 0.6) is 0 Å². The standard InChI is InChI=1S/C13H11F3N4O2S/c14-13(15,16)23-10-3-1-8(2-4-10)12(22)19-9-5-18-20(6-9)7-11(17)21/h1-6H,7H2,(H2,17,21)(H,19,22). The summed E-state index contributed by atoms with van der Waals surface area (Å²) in [5, 5.41) is 6.35. The molecule has 10 heteroatoms. The molecule has 0 atom stereocenters. The number of alkyl halides is 3. The number of carbonyl (C=O) groups excluding carboxylic acids is 2. The van der Waals surface area contributed by atoms with Crippen LogP contribution >= 0.6 is 11.8 Å². The zero-order valence-electron chi connectivity index (χ0n) is 11.5. The fourth-order valence-corrected chi connectivity index (χ4v) is 2.22. The SMILES string of the molecule is NC(=O)Cn1cc(NC(=O)c2ccc(SC(F)(F)F)cc2)cn1. The minimum Gasteiger partial charge on any atom is -0.368 e. The number of aromatic nitrogens is 2. The monoisotopic (exact) mass is 344 g/mol. The van der Waals surface area contributed by atoms with Gasteiger partial charge in [0, 0.05) is 16.7 Å². The molecule has 0 radical (unpaired) electrons. The van der Waals surface area contributed by atoms with Crippen LogP contribution in [0, 0.1) is 0 Å². The van der Waals surface area contributed by atoms with Crippen molar-refractivity contribution >= 4 is 29.3 Å². The number of amides is 2. The van der Waals surface area contributed by atoms with Crippen LogP contribution in [0.4, 0.5) is 18.9 Å². The Kier molecular flexibility index (Phi) is 4.94. The van der Waals surface area contributed by atoms with E-state index in [2.05, 4.69) is 10.4 Å². The van der Waals surface area contributed by atoms with Crippen LogP contribution in [0.2, 0.25) is 0 Å². The lowest BCUT2D eigenvalue weighted by Crippen LogP contribution is -2.18. The van der Waals surface area contributed by atoms with Crippen LogP contribution in [0.25, 0.3) is 0 Å². The van der Waals surface area contributed by atoms with Crippen LogP contribution in [-0.2, 0) is 11.3 Å². The number of rotatable bonds is 5. The summed E-state index contributed by atoms with van der Waals surface area (Å²) >= 11 is -0.255. The second kappa shape index (κ2) is 6.73. The maximum atomic E-state index is 12.2. The second-order valence-electron chi connectivity index (χ2n) is 4.42. The summed E-state index contributed by atoms with van der Waals surface area (Å²) in [6, 6.07) is 5.00. The molecule has 0 saturated carbocycles. The van der Waals surface area contributed by atoms with Crippen molar-refractivity contribution in [2.45, 2.75) is 16.9 Å². The minimum absolute atomic E-state index is 0.0108. The number of benzene rings is 1. The highest BCUT2D eigenvalue weighted by atomic mass is 32.2. The molecule has 0 aliphatic carbocycles. The van der Waals surface area contributed by atoms with Crippen LogP contribution in [0.15, 0.2) is 41.6 Å². The van der Waals surface area contributed by atoms with Gasteiger partial charge in [-0.3, -0.25) is 14.3 Å². The molecule has 0 bridgehead atoms. The maximum absolute atomic E-state index is 12.2. The van der Waals surface area contributed by atoms with E-state index < -0.39 is 17.3 Å². The normalized spacial score (nSPS) is 11.3. The molecule has 2 rings (SSSR count). The zero-order valence-corrected chi connectivity index (χ0v) is 12.3.